The molecule has 2 aromatic rings. The fourth-order valence-corrected chi connectivity index (χ4v) is 2.82. The molecule has 3 nitrogen and oxygen atoms in total. The number of carbonyl (C=O) groups excluding carboxylic acids is 1. The standard InChI is InChI=1S/C22H26O3/c1-5-7-14-18(11-6-2)25-21(23)22(3,24-4)20-16-10-13-17-12-8-9-15-19(17)20/h8-10,12-13,15-16,18H,5-6,11H2,1-4H3/t18-,22-/m0/s1. The van der Waals surface area contributed by atoms with E-state index in [2.05, 4.69) is 18.8 Å². The molecule has 0 N–H and O–H groups in total. The maximum Gasteiger partial charge on any atom is 0.344 e. The molecule has 0 saturated carbocycles. The van der Waals surface area contributed by atoms with Gasteiger partial charge in [-0.1, -0.05) is 74.6 Å². The van der Waals surface area contributed by atoms with Gasteiger partial charge in [-0.05, 0) is 24.1 Å². The van der Waals surface area contributed by atoms with Crippen LogP contribution in [0.1, 0.15) is 45.6 Å². The van der Waals surface area contributed by atoms with Crippen molar-refractivity contribution in [3.05, 3.63) is 48.0 Å². The highest BCUT2D eigenvalue weighted by molar-refractivity contribution is 5.92. The monoisotopic (exact) mass is 338 g/mol. The number of esters is 1. The molecule has 2 atom stereocenters. The molecule has 0 unspecified atom stereocenters. The van der Waals surface area contributed by atoms with Crippen LogP contribution in [0.3, 0.4) is 0 Å². The molecule has 0 aliphatic heterocycles. The maximum absolute atomic E-state index is 13.0. The first-order valence-corrected chi connectivity index (χ1v) is 8.79. The lowest BCUT2D eigenvalue weighted by atomic mass is 9.90. The van der Waals surface area contributed by atoms with Crippen molar-refractivity contribution in [1.29, 1.82) is 0 Å². The molecule has 0 spiro atoms. The van der Waals surface area contributed by atoms with Gasteiger partial charge in [-0.15, -0.1) is 0 Å². The predicted octanol–water partition coefficient (Wildman–Crippen LogP) is 4.83. The van der Waals surface area contributed by atoms with Crippen LogP contribution in [0, 0.1) is 11.8 Å². The van der Waals surface area contributed by atoms with Crippen molar-refractivity contribution in [2.75, 3.05) is 7.11 Å². The average Bonchev–Trinajstić information content (AvgIpc) is 2.65. The smallest absolute Gasteiger partial charge is 0.344 e. The fraction of sp³-hybridized carbons (Fsp3) is 0.409. The van der Waals surface area contributed by atoms with Crippen molar-refractivity contribution in [3.8, 4) is 11.8 Å². The van der Waals surface area contributed by atoms with Crippen molar-refractivity contribution in [2.45, 2.75) is 51.7 Å². The average molecular weight is 338 g/mol. The summed E-state index contributed by atoms with van der Waals surface area (Å²) in [6.07, 6.45) is 1.95. The maximum atomic E-state index is 13.0. The molecular formula is C22H26O3. The van der Waals surface area contributed by atoms with E-state index in [1.165, 1.54) is 7.11 Å². The van der Waals surface area contributed by atoms with E-state index in [1.54, 1.807) is 6.92 Å². The van der Waals surface area contributed by atoms with Crippen LogP contribution in [0.5, 0.6) is 0 Å². The summed E-state index contributed by atoms with van der Waals surface area (Å²) in [6, 6.07) is 13.8. The normalized spacial score (nSPS) is 14.2. The van der Waals surface area contributed by atoms with Gasteiger partial charge in [0.25, 0.3) is 0 Å². The summed E-state index contributed by atoms with van der Waals surface area (Å²) < 4.78 is 11.4. The van der Waals surface area contributed by atoms with Crippen LogP contribution in [0.4, 0.5) is 0 Å². The highest BCUT2D eigenvalue weighted by atomic mass is 16.6. The number of rotatable bonds is 6. The van der Waals surface area contributed by atoms with Gasteiger partial charge in [0, 0.05) is 19.1 Å². The van der Waals surface area contributed by atoms with Gasteiger partial charge in [-0.3, -0.25) is 0 Å². The molecule has 0 amide bonds. The number of methoxy groups -OCH3 is 1. The summed E-state index contributed by atoms with van der Waals surface area (Å²) in [5, 5.41) is 2.05. The van der Waals surface area contributed by atoms with Crippen LogP contribution in [0.2, 0.25) is 0 Å². The zero-order valence-corrected chi connectivity index (χ0v) is 15.5. The minimum absolute atomic E-state index is 0.401. The molecule has 0 saturated heterocycles. The van der Waals surface area contributed by atoms with Crippen LogP contribution >= 0.6 is 0 Å². The molecule has 3 heteroatoms. The van der Waals surface area contributed by atoms with Crippen molar-refractivity contribution in [3.63, 3.8) is 0 Å². The molecule has 2 aromatic carbocycles. The third-order valence-corrected chi connectivity index (χ3v) is 4.34. The van der Waals surface area contributed by atoms with E-state index < -0.39 is 17.7 Å². The Labute approximate surface area is 150 Å². The van der Waals surface area contributed by atoms with Crippen molar-refractivity contribution in [2.24, 2.45) is 0 Å². The van der Waals surface area contributed by atoms with E-state index in [0.29, 0.717) is 6.42 Å². The third kappa shape index (κ3) is 4.21. The largest absolute Gasteiger partial charge is 0.447 e. The Kier molecular flexibility index (Phi) is 6.61. The van der Waals surface area contributed by atoms with Crippen LogP contribution in [0.25, 0.3) is 10.8 Å². The van der Waals surface area contributed by atoms with E-state index in [9.17, 15) is 4.79 Å². The van der Waals surface area contributed by atoms with Crippen molar-refractivity contribution >= 4 is 16.7 Å². The summed E-state index contributed by atoms with van der Waals surface area (Å²) >= 11 is 0. The van der Waals surface area contributed by atoms with Crippen LogP contribution in [0.15, 0.2) is 42.5 Å². The molecule has 0 heterocycles. The Morgan fingerprint density at radius 2 is 1.88 bits per heavy atom. The first-order chi connectivity index (χ1) is 12.1. The van der Waals surface area contributed by atoms with Gasteiger partial charge in [0.15, 0.2) is 11.7 Å². The number of carbonyl (C=O) groups is 1. The second-order valence-electron chi connectivity index (χ2n) is 6.12. The Hall–Kier alpha value is -2.31. The first-order valence-electron chi connectivity index (χ1n) is 8.79. The fourth-order valence-electron chi connectivity index (χ4n) is 2.82. The van der Waals surface area contributed by atoms with E-state index in [4.69, 9.17) is 9.47 Å². The summed E-state index contributed by atoms with van der Waals surface area (Å²) in [6.45, 7) is 5.79. The van der Waals surface area contributed by atoms with Crippen molar-refractivity contribution < 1.29 is 14.3 Å². The minimum Gasteiger partial charge on any atom is -0.447 e. The third-order valence-electron chi connectivity index (χ3n) is 4.34. The van der Waals surface area contributed by atoms with Crippen LogP contribution in [-0.4, -0.2) is 19.2 Å². The van der Waals surface area contributed by atoms with E-state index in [0.717, 1.165) is 29.2 Å². The molecule has 0 aliphatic carbocycles. The van der Waals surface area contributed by atoms with Gasteiger partial charge < -0.3 is 9.47 Å². The van der Waals surface area contributed by atoms with E-state index in [-0.39, 0.29) is 0 Å². The summed E-state index contributed by atoms with van der Waals surface area (Å²) in [5.74, 6) is 5.64. The molecule has 25 heavy (non-hydrogen) atoms. The second kappa shape index (κ2) is 8.69. The molecule has 0 fully saturated rings. The van der Waals surface area contributed by atoms with E-state index in [1.807, 2.05) is 49.4 Å². The second-order valence-corrected chi connectivity index (χ2v) is 6.12. The molecule has 0 aromatic heterocycles. The Bertz CT molecular complexity index is 779. The molecule has 0 bridgehead atoms. The quantitative estimate of drug-likeness (QED) is 0.559. The highest BCUT2D eigenvalue weighted by Gasteiger charge is 2.39. The predicted molar refractivity (Wildman–Crippen MR) is 101 cm³/mol. The number of hydrogen-bond acceptors (Lipinski definition) is 3. The SMILES string of the molecule is CCC#C[C@H](CCC)OC(=O)[C@@](C)(OC)c1cccc2ccccc12. The Morgan fingerprint density at radius 1 is 1.16 bits per heavy atom. The molecule has 0 radical (unpaired) electrons. The molecule has 132 valence electrons. The molecule has 2 rings (SSSR count). The number of fused-ring (bicyclic) bond motifs is 1. The summed E-state index contributed by atoms with van der Waals surface area (Å²) in [4.78, 5) is 13.0. The zero-order valence-electron chi connectivity index (χ0n) is 15.5. The van der Waals surface area contributed by atoms with Gasteiger partial charge in [0.1, 0.15) is 0 Å². The van der Waals surface area contributed by atoms with E-state index >= 15 is 0 Å². The van der Waals surface area contributed by atoms with Crippen LogP contribution < -0.4 is 0 Å². The van der Waals surface area contributed by atoms with Gasteiger partial charge in [-0.25, -0.2) is 4.79 Å². The molecular weight excluding hydrogens is 312 g/mol. The Morgan fingerprint density at radius 3 is 2.56 bits per heavy atom. The number of ether oxygens (including phenoxy) is 2. The summed E-state index contributed by atoms with van der Waals surface area (Å²) in [5.41, 5.74) is -0.377. The lowest BCUT2D eigenvalue weighted by Crippen LogP contribution is -2.38. The van der Waals surface area contributed by atoms with Gasteiger partial charge in [0.05, 0.1) is 0 Å². The summed E-state index contributed by atoms with van der Waals surface area (Å²) in [7, 11) is 1.54. The van der Waals surface area contributed by atoms with Gasteiger partial charge >= 0.3 is 5.97 Å². The Balaban J connectivity index is 2.39. The lowest BCUT2D eigenvalue weighted by molar-refractivity contribution is -0.171. The number of hydrogen-bond donors (Lipinski definition) is 0. The molecule has 0 aliphatic rings. The lowest BCUT2D eigenvalue weighted by Gasteiger charge is -2.29. The van der Waals surface area contributed by atoms with Gasteiger partial charge in [-0.2, -0.15) is 0 Å². The number of benzene rings is 2. The van der Waals surface area contributed by atoms with Gasteiger partial charge in [0.2, 0.25) is 0 Å². The first kappa shape index (κ1) is 19.0. The zero-order chi connectivity index (χ0) is 18.3. The van der Waals surface area contributed by atoms with Crippen molar-refractivity contribution in [1.82, 2.24) is 0 Å². The van der Waals surface area contributed by atoms with Crippen LogP contribution in [-0.2, 0) is 19.9 Å². The minimum atomic E-state index is -1.18. The topological polar surface area (TPSA) is 35.5 Å². The highest BCUT2D eigenvalue weighted by Crippen LogP contribution is 2.33.